The van der Waals surface area contributed by atoms with E-state index in [1.54, 1.807) is 4.57 Å². The van der Waals surface area contributed by atoms with E-state index in [0.29, 0.717) is 18.7 Å². The van der Waals surface area contributed by atoms with E-state index >= 15 is 0 Å². The lowest BCUT2D eigenvalue weighted by atomic mass is 10.1. The molecule has 142 valence electrons. The molecule has 2 aromatic rings. The van der Waals surface area contributed by atoms with Gasteiger partial charge in [0.2, 0.25) is 0 Å². The van der Waals surface area contributed by atoms with Crippen molar-refractivity contribution >= 4 is 17.7 Å². The number of nitrogen functional groups attached to an aromatic ring is 1. The number of ether oxygens (including phenoxy) is 2. The Hall–Kier alpha value is -3.47. The number of nitriles is 1. The quantitative estimate of drug-likeness (QED) is 0.721. The lowest BCUT2D eigenvalue weighted by Crippen LogP contribution is -2.27. The molecule has 8 heteroatoms. The van der Waals surface area contributed by atoms with Crippen molar-refractivity contribution in [3.05, 3.63) is 52.8 Å². The van der Waals surface area contributed by atoms with Crippen LogP contribution in [0.25, 0.3) is 0 Å². The average molecular weight is 370 g/mol. The second-order valence-corrected chi connectivity index (χ2v) is 5.67. The molecule has 3 N–H and O–H groups in total. The monoisotopic (exact) mass is 370 g/mol. The molecule has 0 fully saturated rings. The third kappa shape index (κ3) is 4.58. The summed E-state index contributed by atoms with van der Waals surface area (Å²) in [6.45, 7) is 2.66. The van der Waals surface area contributed by atoms with Crippen LogP contribution in [0.2, 0.25) is 0 Å². The van der Waals surface area contributed by atoms with Crippen LogP contribution in [0.1, 0.15) is 34.2 Å². The van der Waals surface area contributed by atoms with Gasteiger partial charge in [0.05, 0.1) is 18.4 Å². The van der Waals surface area contributed by atoms with E-state index in [1.807, 2.05) is 43.3 Å². The van der Waals surface area contributed by atoms with Gasteiger partial charge in [-0.15, -0.1) is 0 Å². The van der Waals surface area contributed by atoms with Crippen molar-refractivity contribution in [3.63, 3.8) is 0 Å². The summed E-state index contributed by atoms with van der Waals surface area (Å²) in [4.78, 5) is 23.8. The predicted octanol–water partition coefficient (Wildman–Crippen LogP) is 2.22. The molecule has 2 rings (SSSR count). The van der Waals surface area contributed by atoms with Crippen LogP contribution in [0, 0.1) is 11.3 Å². The highest BCUT2D eigenvalue weighted by atomic mass is 16.5. The van der Waals surface area contributed by atoms with Crippen LogP contribution in [-0.2, 0) is 29.0 Å². The first-order valence-corrected chi connectivity index (χ1v) is 8.47. The molecule has 0 spiro atoms. The van der Waals surface area contributed by atoms with Gasteiger partial charge in [-0.2, -0.15) is 5.26 Å². The molecule has 8 nitrogen and oxygen atoms in total. The molecule has 0 saturated heterocycles. The Balaban J connectivity index is 2.02. The van der Waals surface area contributed by atoms with Crippen molar-refractivity contribution in [2.45, 2.75) is 26.5 Å². The highest BCUT2D eigenvalue weighted by Crippen LogP contribution is 2.26. The maximum atomic E-state index is 12.0. The third-order valence-electron chi connectivity index (χ3n) is 4.06. The highest BCUT2D eigenvalue weighted by Gasteiger charge is 2.25. The number of benzene rings is 1. The van der Waals surface area contributed by atoms with Gasteiger partial charge in [-0.3, -0.25) is 0 Å². The first-order valence-electron chi connectivity index (χ1n) is 8.47. The molecule has 27 heavy (non-hydrogen) atoms. The molecule has 1 aromatic carbocycles. The maximum absolute atomic E-state index is 12.0. The second kappa shape index (κ2) is 9.29. The molecule has 0 radical (unpaired) electrons. The normalized spacial score (nSPS) is 10.1. The fourth-order valence-electron chi connectivity index (χ4n) is 2.80. The Bertz CT molecular complexity index is 853. The number of anilines is 1. The van der Waals surface area contributed by atoms with Crippen LogP contribution in [0.4, 0.5) is 10.5 Å². The van der Waals surface area contributed by atoms with Crippen LogP contribution in [0.15, 0.2) is 30.3 Å². The van der Waals surface area contributed by atoms with Gasteiger partial charge < -0.3 is 25.1 Å². The predicted molar refractivity (Wildman–Crippen MR) is 98.9 cm³/mol. The summed E-state index contributed by atoms with van der Waals surface area (Å²) in [5.41, 5.74) is 7.87. The standard InChI is InChI=1S/C19H22N4O4/c1-3-23-15(14(11-20)16(21)17(23)18(24)26-2)9-10-22-19(25)27-12-13-7-5-4-6-8-13/h4-8H,3,9-10,12,21H2,1-2H3,(H,22,25). The third-order valence-corrected chi connectivity index (χ3v) is 4.06. The Kier molecular flexibility index (Phi) is 6.83. The summed E-state index contributed by atoms with van der Waals surface area (Å²) in [6.07, 6.45) is -0.244. The van der Waals surface area contributed by atoms with Crippen molar-refractivity contribution in [3.8, 4) is 6.07 Å². The zero-order chi connectivity index (χ0) is 19.8. The Morgan fingerprint density at radius 3 is 2.59 bits per heavy atom. The molecule has 1 heterocycles. The van der Waals surface area contributed by atoms with Crippen molar-refractivity contribution < 1.29 is 19.1 Å². The summed E-state index contributed by atoms with van der Waals surface area (Å²) >= 11 is 0. The lowest BCUT2D eigenvalue weighted by Gasteiger charge is -2.11. The van der Waals surface area contributed by atoms with Gasteiger partial charge in [0.25, 0.3) is 0 Å². The summed E-state index contributed by atoms with van der Waals surface area (Å²) in [5, 5.41) is 12.0. The summed E-state index contributed by atoms with van der Waals surface area (Å²) in [6, 6.07) is 11.4. The van der Waals surface area contributed by atoms with E-state index in [1.165, 1.54) is 7.11 Å². The molecule has 0 saturated carbocycles. The number of rotatable bonds is 7. The molecule has 0 aliphatic carbocycles. The van der Waals surface area contributed by atoms with Crippen LogP contribution >= 0.6 is 0 Å². The lowest BCUT2D eigenvalue weighted by molar-refractivity contribution is 0.0589. The smallest absolute Gasteiger partial charge is 0.407 e. The number of aromatic nitrogens is 1. The summed E-state index contributed by atoms with van der Waals surface area (Å²) in [5.74, 6) is -0.604. The van der Waals surface area contributed by atoms with Gasteiger partial charge in [0.1, 0.15) is 12.7 Å². The minimum atomic E-state index is -0.604. The van der Waals surface area contributed by atoms with Crippen LogP contribution in [-0.4, -0.2) is 30.3 Å². The average Bonchev–Trinajstić information content (AvgIpc) is 2.97. The number of alkyl carbamates (subject to hydrolysis) is 1. The Labute approximate surface area is 157 Å². The van der Waals surface area contributed by atoms with Gasteiger partial charge >= 0.3 is 12.1 Å². The maximum Gasteiger partial charge on any atom is 0.407 e. The zero-order valence-electron chi connectivity index (χ0n) is 15.3. The number of nitrogens with two attached hydrogens (primary N) is 1. The van der Waals surface area contributed by atoms with Crippen molar-refractivity contribution in [1.29, 1.82) is 5.26 Å². The number of nitrogens with one attached hydrogen (secondary N) is 1. The van der Waals surface area contributed by atoms with E-state index in [2.05, 4.69) is 5.32 Å². The van der Waals surface area contributed by atoms with Crippen molar-refractivity contribution in [2.75, 3.05) is 19.4 Å². The van der Waals surface area contributed by atoms with E-state index in [4.69, 9.17) is 15.2 Å². The molecular formula is C19H22N4O4. The molecule has 0 bridgehead atoms. The highest BCUT2D eigenvalue weighted by molar-refractivity contribution is 5.95. The number of amides is 1. The Morgan fingerprint density at radius 2 is 2.00 bits per heavy atom. The largest absolute Gasteiger partial charge is 0.464 e. The number of esters is 1. The SMILES string of the molecule is CCn1c(CCNC(=O)OCc2ccccc2)c(C#N)c(N)c1C(=O)OC. The minimum Gasteiger partial charge on any atom is -0.464 e. The molecule has 1 aromatic heterocycles. The van der Waals surface area contributed by atoms with Gasteiger partial charge in [-0.1, -0.05) is 30.3 Å². The molecule has 0 atom stereocenters. The van der Waals surface area contributed by atoms with E-state index < -0.39 is 12.1 Å². The molecule has 0 aliphatic rings. The molecular weight excluding hydrogens is 348 g/mol. The van der Waals surface area contributed by atoms with Gasteiger partial charge in [-0.25, -0.2) is 9.59 Å². The Morgan fingerprint density at radius 1 is 1.30 bits per heavy atom. The van der Waals surface area contributed by atoms with Gasteiger partial charge in [-0.05, 0) is 12.5 Å². The van der Waals surface area contributed by atoms with Gasteiger partial charge in [0, 0.05) is 25.2 Å². The van der Waals surface area contributed by atoms with E-state index in [9.17, 15) is 14.9 Å². The summed E-state index contributed by atoms with van der Waals surface area (Å²) in [7, 11) is 1.25. The first kappa shape index (κ1) is 19.8. The summed E-state index contributed by atoms with van der Waals surface area (Å²) < 4.78 is 11.5. The zero-order valence-corrected chi connectivity index (χ0v) is 15.3. The van der Waals surface area contributed by atoms with Crippen LogP contribution in [0.3, 0.4) is 0 Å². The topological polar surface area (TPSA) is 119 Å². The number of hydrogen-bond acceptors (Lipinski definition) is 6. The number of carbonyl (C=O) groups excluding carboxylic acids is 2. The number of carbonyl (C=O) groups is 2. The van der Waals surface area contributed by atoms with Gasteiger partial charge in [0.15, 0.2) is 5.69 Å². The van der Waals surface area contributed by atoms with Crippen molar-refractivity contribution in [2.24, 2.45) is 0 Å². The van der Waals surface area contributed by atoms with Crippen LogP contribution < -0.4 is 11.1 Å². The molecule has 1 amide bonds. The van der Waals surface area contributed by atoms with E-state index in [-0.39, 0.29) is 30.1 Å². The molecule has 0 unspecified atom stereocenters. The fraction of sp³-hybridized carbons (Fsp3) is 0.316. The number of methoxy groups -OCH3 is 1. The van der Waals surface area contributed by atoms with Crippen molar-refractivity contribution in [1.82, 2.24) is 9.88 Å². The fourth-order valence-corrected chi connectivity index (χ4v) is 2.80. The second-order valence-electron chi connectivity index (χ2n) is 5.67. The number of hydrogen-bond donors (Lipinski definition) is 2. The minimum absolute atomic E-state index is 0.0906. The number of nitrogens with zero attached hydrogens (tertiary/aromatic N) is 2. The first-order chi connectivity index (χ1) is 13.0. The van der Waals surface area contributed by atoms with Crippen LogP contribution in [0.5, 0.6) is 0 Å². The molecule has 0 aliphatic heterocycles. The van der Waals surface area contributed by atoms with E-state index in [0.717, 1.165) is 5.56 Å².